The second-order valence-corrected chi connectivity index (χ2v) is 6.91. The maximum atomic E-state index is 12.2. The Balaban J connectivity index is 2.98. The molecule has 1 aromatic carbocycles. The summed E-state index contributed by atoms with van der Waals surface area (Å²) in [7, 11) is -3.68. The summed E-state index contributed by atoms with van der Waals surface area (Å²) < 4.78 is 27.0. The highest BCUT2D eigenvalue weighted by atomic mass is 35.5. The zero-order valence-corrected chi connectivity index (χ0v) is 13.2. The summed E-state index contributed by atoms with van der Waals surface area (Å²) in [5.74, 6) is 0. The van der Waals surface area contributed by atoms with Crippen molar-refractivity contribution in [3.63, 3.8) is 0 Å². The molecule has 0 heterocycles. The number of nitrogens with two attached hydrogens (primary N) is 1. The van der Waals surface area contributed by atoms with E-state index in [1.54, 1.807) is 0 Å². The Bertz CT molecular complexity index is 547. The minimum Gasteiger partial charge on any atom is -0.396 e. The molecule has 0 aliphatic carbocycles. The van der Waals surface area contributed by atoms with Gasteiger partial charge in [0.2, 0.25) is 10.0 Å². The number of nitrogen functional groups attached to an aromatic ring is 1. The van der Waals surface area contributed by atoms with Gasteiger partial charge in [0.05, 0.1) is 15.7 Å². The Morgan fingerprint density at radius 3 is 2.58 bits per heavy atom. The molecule has 7 heteroatoms. The first kappa shape index (κ1) is 16.6. The molecule has 0 saturated heterocycles. The van der Waals surface area contributed by atoms with Gasteiger partial charge in [-0.05, 0) is 25.5 Å². The summed E-state index contributed by atoms with van der Waals surface area (Å²) in [4.78, 5) is -0.0422. The zero-order chi connectivity index (χ0) is 14.6. The van der Waals surface area contributed by atoms with E-state index in [1.165, 1.54) is 12.1 Å². The predicted octanol–water partition coefficient (Wildman–Crippen LogP) is 3.43. The molecule has 0 aliphatic heterocycles. The van der Waals surface area contributed by atoms with Crippen molar-refractivity contribution >= 4 is 38.9 Å². The van der Waals surface area contributed by atoms with Gasteiger partial charge in [0.15, 0.2) is 0 Å². The second kappa shape index (κ2) is 6.79. The smallest absolute Gasteiger partial charge is 0.242 e. The van der Waals surface area contributed by atoms with Gasteiger partial charge in [0.1, 0.15) is 4.90 Å². The van der Waals surface area contributed by atoms with Crippen LogP contribution in [-0.2, 0) is 10.0 Å². The standard InChI is InChI=1S/C12H18Cl2N2O2S/c1-3-4-5-8(2)16-19(17,18)10-7-6-9(13)12(15)11(10)14/h6-8,16H,3-5,15H2,1-2H3. The van der Waals surface area contributed by atoms with Crippen molar-refractivity contribution in [3.05, 3.63) is 22.2 Å². The van der Waals surface area contributed by atoms with E-state index in [9.17, 15) is 8.42 Å². The van der Waals surface area contributed by atoms with E-state index in [-0.39, 0.29) is 26.7 Å². The number of halogens is 2. The fourth-order valence-corrected chi connectivity index (χ4v) is 3.70. The summed E-state index contributed by atoms with van der Waals surface area (Å²) in [5.41, 5.74) is 5.71. The van der Waals surface area contributed by atoms with Gasteiger partial charge in [0.25, 0.3) is 0 Å². The number of anilines is 1. The maximum Gasteiger partial charge on any atom is 0.242 e. The molecule has 4 nitrogen and oxygen atoms in total. The molecule has 19 heavy (non-hydrogen) atoms. The summed E-state index contributed by atoms with van der Waals surface area (Å²) in [6, 6.07) is 2.63. The molecule has 3 N–H and O–H groups in total. The van der Waals surface area contributed by atoms with Crippen LogP contribution in [0.15, 0.2) is 17.0 Å². The average Bonchev–Trinajstić information content (AvgIpc) is 2.32. The quantitative estimate of drug-likeness (QED) is 0.787. The second-order valence-electron chi connectivity index (χ2n) is 4.44. The van der Waals surface area contributed by atoms with Crippen molar-refractivity contribution in [2.45, 2.75) is 44.0 Å². The number of unbranched alkanes of at least 4 members (excludes halogenated alkanes) is 1. The highest BCUT2D eigenvalue weighted by Gasteiger charge is 2.22. The lowest BCUT2D eigenvalue weighted by Gasteiger charge is -2.15. The number of rotatable bonds is 6. The first-order valence-corrected chi connectivity index (χ1v) is 8.29. The molecule has 1 atom stereocenters. The fraction of sp³-hybridized carbons (Fsp3) is 0.500. The van der Waals surface area contributed by atoms with Crippen LogP contribution >= 0.6 is 23.2 Å². The summed E-state index contributed by atoms with van der Waals surface area (Å²) >= 11 is 11.7. The molecule has 0 aliphatic rings. The third-order valence-corrected chi connectivity index (χ3v) is 5.21. The molecule has 1 aromatic rings. The van der Waals surface area contributed by atoms with E-state index >= 15 is 0 Å². The topological polar surface area (TPSA) is 72.2 Å². The fourth-order valence-electron chi connectivity index (χ4n) is 1.65. The molecule has 0 saturated carbocycles. The van der Waals surface area contributed by atoms with Gasteiger partial charge < -0.3 is 5.73 Å². The zero-order valence-electron chi connectivity index (χ0n) is 10.9. The third kappa shape index (κ3) is 4.24. The monoisotopic (exact) mass is 324 g/mol. The molecule has 1 unspecified atom stereocenters. The van der Waals surface area contributed by atoms with Gasteiger partial charge in [-0.15, -0.1) is 0 Å². The van der Waals surface area contributed by atoms with Crippen molar-refractivity contribution in [1.29, 1.82) is 0 Å². The van der Waals surface area contributed by atoms with Crippen LogP contribution in [0.25, 0.3) is 0 Å². The molecule has 0 amide bonds. The van der Waals surface area contributed by atoms with Crippen LogP contribution in [0.3, 0.4) is 0 Å². The van der Waals surface area contributed by atoms with E-state index in [0.29, 0.717) is 0 Å². The van der Waals surface area contributed by atoms with Gasteiger partial charge >= 0.3 is 0 Å². The Morgan fingerprint density at radius 1 is 1.37 bits per heavy atom. The molecule has 0 radical (unpaired) electrons. The van der Waals surface area contributed by atoms with Crippen molar-refractivity contribution in [3.8, 4) is 0 Å². The number of hydrogen-bond acceptors (Lipinski definition) is 3. The minimum absolute atomic E-state index is 0.0392. The lowest BCUT2D eigenvalue weighted by atomic mass is 10.2. The van der Waals surface area contributed by atoms with E-state index in [2.05, 4.69) is 11.6 Å². The van der Waals surface area contributed by atoms with E-state index in [1.807, 2.05) is 6.92 Å². The Labute approximate surface area is 124 Å². The van der Waals surface area contributed by atoms with E-state index < -0.39 is 10.0 Å². The van der Waals surface area contributed by atoms with Crippen LogP contribution in [0, 0.1) is 0 Å². The summed E-state index contributed by atoms with van der Waals surface area (Å²) in [5, 5.41) is 0.200. The first-order valence-electron chi connectivity index (χ1n) is 6.05. The van der Waals surface area contributed by atoms with Crippen LogP contribution in [0.2, 0.25) is 10.0 Å². The van der Waals surface area contributed by atoms with Crippen LogP contribution in [0.1, 0.15) is 33.1 Å². The first-order chi connectivity index (χ1) is 8.79. The van der Waals surface area contributed by atoms with Crippen molar-refractivity contribution in [2.75, 3.05) is 5.73 Å². The molecule has 1 rings (SSSR count). The van der Waals surface area contributed by atoms with Crippen LogP contribution < -0.4 is 10.5 Å². The maximum absolute atomic E-state index is 12.2. The third-order valence-electron chi connectivity index (χ3n) is 2.73. The molecule has 108 valence electrons. The highest BCUT2D eigenvalue weighted by Crippen LogP contribution is 2.33. The number of benzene rings is 1. The molecular weight excluding hydrogens is 307 g/mol. The van der Waals surface area contributed by atoms with Crippen molar-refractivity contribution in [1.82, 2.24) is 4.72 Å². The van der Waals surface area contributed by atoms with Crippen molar-refractivity contribution < 1.29 is 8.42 Å². The van der Waals surface area contributed by atoms with Crippen LogP contribution in [0.5, 0.6) is 0 Å². The summed E-state index contributed by atoms with van der Waals surface area (Å²) in [6.45, 7) is 3.87. The Morgan fingerprint density at radius 2 is 2.00 bits per heavy atom. The summed E-state index contributed by atoms with van der Waals surface area (Å²) in [6.07, 6.45) is 2.75. The van der Waals surface area contributed by atoms with Crippen LogP contribution in [0.4, 0.5) is 5.69 Å². The number of nitrogens with one attached hydrogen (secondary N) is 1. The Kier molecular flexibility index (Phi) is 5.92. The molecule has 0 aromatic heterocycles. The van der Waals surface area contributed by atoms with Gasteiger partial charge in [-0.2, -0.15) is 0 Å². The molecule has 0 spiro atoms. The normalized spacial score (nSPS) is 13.5. The molecule has 0 fully saturated rings. The lowest BCUT2D eigenvalue weighted by molar-refractivity contribution is 0.534. The van der Waals surface area contributed by atoms with Crippen molar-refractivity contribution in [2.24, 2.45) is 0 Å². The largest absolute Gasteiger partial charge is 0.396 e. The van der Waals surface area contributed by atoms with E-state index in [0.717, 1.165) is 19.3 Å². The van der Waals surface area contributed by atoms with Gasteiger partial charge in [0, 0.05) is 6.04 Å². The van der Waals surface area contributed by atoms with Gasteiger partial charge in [-0.3, -0.25) is 0 Å². The van der Waals surface area contributed by atoms with Gasteiger partial charge in [-0.1, -0.05) is 43.0 Å². The minimum atomic E-state index is -3.68. The SMILES string of the molecule is CCCCC(C)NS(=O)(=O)c1ccc(Cl)c(N)c1Cl. The number of sulfonamides is 1. The average molecular weight is 325 g/mol. The molecule has 0 bridgehead atoms. The van der Waals surface area contributed by atoms with Gasteiger partial charge in [-0.25, -0.2) is 13.1 Å². The lowest BCUT2D eigenvalue weighted by Crippen LogP contribution is -2.32. The van der Waals surface area contributed by atoms with E-state index in [4.69, 9.17) is 28.9 Å². The Hall–Kier alpha value is -0.490. The highest BCUT2D eigenvalue weighted by molar-refractivity contribution is 7.89. The number of hydrogen-bond donors (Lipinski definition) is 2. The van der Waals surface area contributed by atoms with Crippen LogP contribution in [-0.4, -0.2) is 14.5 Å². The predicted molar refractivity (Wildman–Crippen MR) is 80.2 cm³/mol. The molecular formula is C12H18Cl2N2O2S.